The van der Waals surface area contributed by atoms with Gasteiger partial charge in [0.05, 0.1) is 26.4 Å². The van der Waals surface area contributed by atoms with Gasteiger partial charge in [-0.25, -0.2) is 4.79 Å². The van der Waals surface area contributed by atoms with Crippen LogP contribution < -0.4 is 11.1 Å². The van der Waals surface area contributed by atoms with Crippen molar-refractivity contribution >= 4 is 36.0 Å². The monoisotopic (exact) mass is 525 g/mol. The first-order valence-electron chi connectivity index (χ1n) is 10.9. The fourth-order valence-electron chi connectivity index (χ4n) is 4.17. The van der Waals surface area contributed by atoms with E-state index >= 15 is 0 Å². The molecule has 2 aliphatic heterocycles. The Hall–Kier alpha value is -0.810. The average molecular weight is 525 g/mol. The minimum atomic E-state index is -0.221. The van der Waals surface area contributed by atoms with E-state index in [4.69, 9.17) is 15.2 Å². The summed E-state index contributed by atoms with van der Waals surface area (Å²) < 4.78 is 10.6. The van der Waals surface area contributed by atoms with Gasteiger partial charge in [-0.3, -0.25) is 9.89 Å². The second kappa shape index (κ2) is 14.2. The average Bonchev–Trinajstić information content (AvgIpc) is 2.72. The van der Waals surface area contributed by atoms with E-state index in [9.17, 15) is 4.79 Å². The molecule has 0 aromatic carbocycles. The van der Waals surface area contributed by atoms with Crippen LogP contribution in [0, 0.1) is 5.92 Å². The first-order chi connectivity index (χ1) is 13.6. The van der Waals surface area contributed by atoms with Crippen molar-refractivity contribution in [3.05, 3.63) is 0 Å². The van der Waals surface area contributed by atoms with E-state index in [1.54, 1.807) is 4.90 Å². The molecular weight excluding hydrogens is 485 g/mol. The standard InChI is InChI=1S/C20H39N5O3.HI/c1-4-16(5-2)18(24-11-13-27-14-12-24)15-22-19(21)23-17-7-9-25(10-8-17)20(26)28-6-3;/h16-18H,4-15H2,1-3H3,(H3,21,22,23);1H. The van der Waals surface area contributed by atoms with Crippen LogP contribution in [0.5, 0.6) is 0 Å². The fraction of sp³-hybridized carbons (Fsp3) is 0.900. The molecule has 2 aliphatic rings. The highest BCUT2D eigenvalue weighted by Crippen LogP contribution is 2.20. The van der Waals surface area contributed by atoms with Crippen LogP contribution >= 0.6 is 24.0 Å². The quantitative estimate of drug-likeness (QED) is 0.287. The predicted molar refractivity (Wildman–Crippen MR) is 127 cm³/mol. The molecule has 170 valence electrons. The molecule has 2 saturated heterocycles. The third-order valence-corrected chi connectivity index (χ3v) is 5.93. The second-order valence-corrected chi connectivity index (χ2v) is 7.62. The van der Waals surface area contributed by atoms with Crippen LogP contribution in [-0.4, -0.2) is 86.5 Å². The highest BCUT2D eigenvalue weighted by molar-refractivity contribution is 14.0. The Balaban J connectivity index is 0.00000420. The van der Waals surface area contributed by atoms with Crippen molar-refractivity contribution in [3.8, 4) is 0 Å². The summed E-state index contributed by atoms with van der Waals surface area (Å²) in [5.74, 6) is 1.13. The number of carbonyl (C=O) groups excluding carboxylic acids is 1. The molecule has 9 heteroatoms. The van der Waals surface area contributed by atoms with Crippen molar-refractivity contribution in [3.63, 3.8) is 0 Å². The molecule has 1 amide bonds. The van der Waals surface area contributed by atoms with E-state index < -0.39 is 0 Å². The normalized spacial score (nSPS) is 20.3. The van der Waals surface area contributed by atoms with E-state index in [0.717, 1.165) is 52.0 Å². The molecule has 1 atom stereocenters. The number of aliphatic imine (C=N–C) groups is 1. The number of nitrogens with zero attached hydrogens (tertiary/aromatic N) is 3. The Bertz CT molecular complexity index is 491. The lowest BCUT2D eigenvalue weighted by molar-refractivity contribution is 0.00396. The molecule has 0 aliphatic carbocycles. The molecule has 8 nitrogen and oxygen atoms in total. The van der Waals surface area contributed by atoms with Crippen molar-refractivity contribution in [1.29, 1.82) is 0 Å². The number of halogens is 1. The SMILES string of the molecule is CCOC(=O)N1CCC(NC(N)=NCC(C(CC)CC)N2CCOCC2)CC1.I. The summed E-state index contributed by atoms with van der Waals surface area (Å²) >= 11 is 0. The van der Waals surface area contributed by atoms with Gasteiger partial charge in [0.25, 0.3) is 0 Å². The van der Waals surface area contributed by atoms with E-state index in [1.807, 2.05) is 6.92 Å². The van der Waals surface area contributed by atoms with Gasteiger partial charge >= 0.3 is 6.09 Å². The Kier molecular flexibility index (Phi) is 12.9. The van der Waals surface area contributed by atoms with Gasteiger partial charge in [0, 0.05) is 38.3 Å². The minimum absolute atomic E-state index is 0. The molecule has 0 spiro atoms. The van der Waals surface area contributed by atoms with Gasteiger partial charge < -0.3 is 25.4 Å². The molecule has 0 radical (unpaired) electrons. The zero-order chi connectivity index (χ0) is 20.4. The summed E-state index contributed by atoms with van der Waals surface area (Å²) in [5, 5.41) is 3.35. The maximum atomic E-state index is 11.8. The molecule has 0 aromatic rings. The third-order valence-electron chi connectivity index (χ3n) is 5.93. The van der Waals surface area contributed by atoms with Crippen LogP contribution in [0.3, 0.4) is 0 Å². The number of amides is 1. The van der Waals surface area contributed by atoms with Crippen molar-refractivity contribution in [1.82, 2.24) is 15.1 Å². The second-order valence-electron chi connectivity index (χ2n) is 7.62. The van der Waals surface area contributed by atoms with E-state index in [-0.39, 0.29) is 36.1 Å². The number of hydrogen-bond donors (Lipinski definition) is 2. The van der Waals surface area contributed by atoms with Gasteiger partial charge in [-0.05, 0) is 25.7 Å². The van der Waals surface area contributed by atoms with Gasteiger partial charge in [-0.2, -0.15) is 0 Å². The predicted octanol–water partition coefficient (Wildman–Crippen LogP) is 2.27. The zero-order valence-corrected chi connectivity index (χ0v) is 20.6. The summed E-state index contributed by atoms with van der Waals surface area (Å²) in [6.45, 7) is 12.4. The lowest BCUT2D eigenvalue weighted by atomic mass is 9.92. The molecule has 2 heterocycles. The Morgan fingerprint density at radius 3 is 2.34 bits per heavy atom. The molecule has 3 N–H and O–H groups in total. The summed E-state index contributed by atoms with van der Waals surface area (Å²) in [4.78, 5) is 20.8. The number of ether oxygens (including phenoxy) is 2. The highest BCUT2D eigenvalue weighted by atomic mass is 127. The van der Waals surface area contributed by atoms with Gasteiger partial charge in [-0.1, -0.05) is 26.7 Å². The van der Waals surface area contributed by atoms with E-state index in [0.29, 0.717) is 44.2 Å². The van der Waals surface area contributed by atoms with Gasteiger partial charge in [0.1, 0.15) is 0 Å². The zero-order valence-electron chi connectivity index (χ0n) is 18.3. The number of likely N-dealkylation sites (tertiary alicyclic amines) is 1. The number of rotatable bonds is 8. The van der Waals surface area contributed by atoms with Gasteiger partial charge in [0.2, 0.25) is 0 Å². The van der Waals surface area contributed by atoms with Crippen molar-refractivity contribution in [2.75, 3.05) is 52.5 Å². The molecule has 1 unspecified atom stereocenters. The lowest BCUT2D eigenvalue weighted by Gasteiger charge is -2.38. The summed E-state index contributed by atoms with van der Waals surface area (Å²) in [7, 11) is 0. The van der Waals surface area contributed by atoms with Crippen molar-refractivity contribution in [2.24, 2.45) is 16.6 Å². The van der Waals surface area contributed by atoms with Crippen LogP contribution in [0.4, 0.5) is 4.79 Å². The van der Waals surface area contributed by atoms with Gasteiger partial charge in [0.15, 0.2) is 5.96 Å². The van der Waals surface area contributed by atoms with Crippen LogP contribution in [0.15, 0.2) is 4.99 Å². The summed E-state index contributed by atoms with van der Waals surface area (Å²) in [5.41, 5.74) is 6.20. The highest BCUT2D eigenvalue weighted by Gasteiger charge is 2.27. The number of nitrogens with one attached hydrogen (secondary N) is 1. The van der Waals surface area contributed by atoms with Crippen LogP contribution in [0.25, 0.3) is 0 Å². The molecule has 0 saturated carbocycles. The third kappa shape index (κ3) is 8.45. The van der Waals surface area contributed by atoms with Crippen molar-refractivity contribution in [2.45, 2.75) is 58.5 Å². The van der Waals surface area contributed by atoms with Crippen molar-refractivity contribution < 1.29 is 14.3 Å². The molecular formula is C20H40IN5O3. The van der Waals surface area contributed by atoms with E-state index in [2.05, 4.69) is 29.1 Å². The van der Waals surface area contributed by atoms with E-state index in [1.165, 1.54) is 0 Å². The number of carbonyl (C=O) groups is 1. The number of piperidine rings is 1. The number of hydrogen-bond acceptors (Lipinski definition) is 5. The number of guanidine groups is 1. The smallest absolute Gasteiger partial charge is 0.409 e. The molecule has 0 aromatic heterocycles. The molecule has 0 bridgehead atoms. The largest absolute Gasteiger partial charge is 0.450 e. The van der Waals surface area contributed by atoms with Crippen LogP contribution in [-0.2, 0) is 9.47 Å². The molecule has 29 heavy (non-hydrogen) atoms. The fourth-order valence-corrected chi connectivity index (χ4v) is 4.17. The molecule has 2 fully saturated rings. The summed E-state index contributed by atoms with van der Waals surface area (Å²) in [6.07, 6.45) is 3.78. The first kappa shape index (κ1) is 26.2. The summed E-state index contributed by atoms with van der Waals surface area (Å²) in [6, 6.07) is 0.661. The van der Waals surface area contributed by atoms with Crippen LogP contribution in [0.1, 0.15) is 46.5 Å². The lowest BCUT2D eigenvalue weighted by Crippen LogP contribution is -2.50. The molecule has 2 rings (SSSR count). The minimum Gasteiger partial charge on any atom is -0.450 e. The first-order valence-corrected chi connectivity index (χ1v) is 10.9. The maximum Gasteiger partial charge on any atom is 0.409 e. The Morgan fingerprint density at radius 1 is 1.17 bits per heavy atom. The topological polar surface area (TPSA) is 92.4 Å². The van der Waals surface area contributed by atoms with Gasteiger partial charge in [-0.15, -0.1) is 24.0 Å². The number of morpholine rings is 1. The Morgan fingerprint density at radius 2 is 1.79 bits per heavy atom. The Labute approximate surface area is 192 Å². The maximum absolute atomic E-state index is 11.8. The van der Waals surface area contributed by atoms with Crippen LogP contribution in [0.2, 0.25) is 0 Å². The number of nitrogens with two attached hydrogens (primary N) is 1.